The number of fused-ring (bicyclic) bond motifs is 1. The Kier molecular flexibility index (Phi) is 8.14. The summed E-state index contributed by atoms with van der Waals surface area (Å²) < 4.78 is -1.27. The molecule has 0 radical (unpaired) electrons. The number of β-lactam (4-membered cyclic amide) rings is 1. The Morgan fingerprint density at radius 2 is 1.69 bits per heavy atom. The molecule has 0 bridgehead atoms. The molecule has 5 rings (SSSR count). The van der Waals surface area contributed by atoms with Gasteiger partial charge in [-0.2, -0.15) is 0 Å². The van der Waals surface area contributed by atoms with E-state index in [1.807, 2.05) is 0 Å². The average Bonchev–Trinajstić information content (AvgIpc) is 3.20. The van der Waals surface area contributed by atoms with Crippen LogP contribution in [0.3, 0.4) is 0 Å². The molecule has 0 saturated carbocycles. The maximum Gasteiger partial charge on any atom is 0.352 e. The summed E-state index contributed by atoms with van der Waals surface area (Å²) in [5.74, 6) is -6.93. The van der Waals surface area contributed by atoms with Gasteiger partial charge in [0.25, 0.3) is 0 Å². The van der Waals surface area contributed by atoms with Gasteiger partial charge in [-0.1, -0.05) is 36.4 Å². The van der Waals surface area contributed by atoms with Crippen LogP contribution in [0.5, 0.6) is 11.5 Å². The summed E-state index contributed by atoms with van der Waals surface area (Å²) in [4.78, 5) is 81.7. The molecule has 3 fully saturated rings. The number of urea groups is 1. The molecule has 0 aliphatic carbocycles. The highest BCUT2D eigenvalue weighted by Crippen LogP contribution is 2.57. The Morgan fingerprint density at radius 3 is 2.31 bits per heavy atom. The van der Waals surface area contributed by atoms with E-state index in [-0.39, 0.29) is 30.9 Å². The van der Waals surface area contributed by atoms with E-state index in [1.54, 1.807) is 32.0 Å². The monoisotopic (exact) mass is 641 g/mol. The average molecular weight is 642 g/mol. The van der Waals surface area contributed by atoms with Crippen molar-refractivity contribution in [3.05, 3.63) is 59.7 Å². The molecule has 238 valence electrons. The van der Waals surface area contributed by atoms with Crippen molar-refractivity contribution in [1.82, 2.24) is 25.3 Å². The number of phenolic OH excluding ortho intramolecular Hbond substituents is 2. The summed E-state index contributed by atoms with van der Waals surface area (Å²) >= 11 is 1.12. The van der Waals surface area contributed by atoms with Gasteiger partial charge in [-0.15, -0.1) is 11.8 Å². The first kappa shape index (κ1) is 31.6. The van der Waals surface area contributed by atoms with Gasteiger partial charge in [-0.05, 0) is 37.1 Å². The van der Waals surface area contributed by atoms with Crippen molar-refractivity contribution in [2.75, 3.05) is 19.7 Å². The van der Waals surface area contributed by atoms with E-state index in [0.717, 1.165) is 21.6 Å². The number of amides is 6. The number of aliphatic hydroxyl groups is 1. The number of aromatic hydroxyl groups is 2. The minimum atomic E-state index is -2.24. The summed E-state index contributed by atoms with van der Waals surface area (Å²) in [7, 11) is 0. The van der Waals surface area contributed by atoms with Crippen LogP contribution in [0.2, 0.25) is 0 Å². The van der Waals surface area contributed by atoms with Crippen LogP contribution in [0.25, 0.3) is 0 Å². The highest BCUT2D eigenvalue weighted by atomic mass is 32.2. The van der Waals surface area contributed by atoms with Gasteiger partial charge in [0.05, 0.1) is 22.6 Å². The zero-order valence-electron chi connectivity index (χ0n) is 24.2. The van der Waals surface area contributed by atoms with E-state index in [2.05, 4.69) is 10.6 Å². The lowest BCUT2D eigenvalue weighted by molar-refractivity contribution is -0.181. The van der Waals surface area contributed by atoms with Crippen LogP contribution >= 0.6 is 11.8 Å². The molecule has 2 aromatic carbocycles. The molecular formula is C29H31N5O10S. The Morgan fingerprint density at radius 1 is 1.00 bits per heavy atom. The second-order valence-corrected chi connectivity index (χ2v) is 13.1. The Hall–Kier alpha value is -4.83. The standard InChI is InChI=1S/C29H31N5O10S/c1-28(2)29(26(42)43,34-22(39)17(14-35)25(34)45-28)31-21(38)20(16-6-4-3-5-7-16)30-27(44)33-11-10-32(23(40)24(33)41)13-15-8-9-18(36)19(37)12-15/h3-9,12,17,20,25,35-37H,10-11,13-14H2,1-2H3,(H,30,44)(H,31,38)(H,42,43)/t17-,20?,25-,29+/m1/s1. The molecule has 2 aromatic rings. The summed E-state index contributed by atoms with van der Waals surface area (Å²) in [5.41, 5.74) is -1.57. The number of carboxylic acids is 1. The summed E-state index contributed by atoms with van der Waals surface area (Å²) in [6, 6.07) is 9.14. The predicted molar refractivity (Wildman–Crippen MR) is 156 cm³/mol. The lowest BCUT2D eigenvalue weighted by Crippen LogP contribution is -2.77. The fraction of sp³-hybridized carbons (Fsp3) is 0.379. The van der Waals surface area contributed by atoms with E-state index in [9.17, 15) is 49.2 Å². The Bertz CT molecular complexity index is 1590. The van der Waals surface area contributed by atoms with Gasteiger partial charge in [0, 0.05) is 19.6 Å². The van der Waals surface area contributed by atoms with Crippen LogP contribution in [0.1, 0.15) is 31.0 Å². The largest absolute Gasteiger partial charge is 0.504 e. The first-order valence-corrected chi connectivity index (χ1v) is 14.8. The van der Waals surface area contributed by atoms with Crippen molar-refractivity contribution in [1.29, 1.82) is 0 Å². The van der Waals surface area contributed by atoms with Crippen molar-refractivity contribution in [3.8, 4) is 11.5 Å². The molecule has 15 nitrogen and oxygen atoms in total. The zero-order chi connectivity index (χ0) is 32.8. The van der Waals surface area contributed by atoms with Gasteiger partial charge in [-0.3, -0.25) is 29.0 Å². The number of nitrogens with one attached hydrogen (secondary N) is 2. The van der Waals surface area contributed by atoms with E-state index in [1.165, 1.54) is 30.3 Å². The van der Waals surface area contributed by atoms with Crippen molar-refractivity contribution < 1.29 is 49.2 Å². The van der Waals surface area contributed by atoms with Crippen molar-refractivity contribution in [2.45, 2.75) is 42.2 Å². The van der Waals surface area contributed by atoms with Gasteiger partial charge in [0.1, 0.15) is 6.04 Å². The number of phenols is 2. The van der Waals surface area contributed by atoms with Crippen LogP contribution in [0.4, 0.5) is 4.79 Å². The summed E-state index contributed by atoms with van der Waals surface area (Å²) in [5, 5.41) is 43.6. The normalized spacial score (nSPS) is 24.5. The number of aliphatic carboxylic acids is 1. The maximum atomic E-state index is 13.9. The van der Waals surface area contributed by atoms with E-state index in [0.29, 0.717) is 10.5 Å². The number of hydrogen-bond donors (Lipinski definition) is 6. The topological polar surface area (TPSA) is 217 Å². The summed E-state index contributed by atoms with van der Waals surface area (Å²) in [6.45, 7) is 2.21. The maximum absolute atomic E-state index is 13.9. The van der Waals surface area contributed by atoms with Crippen molar-refractivity contribution in [3.63, 3.8) is 0 Å². The second kappa shape index (κ2) is 11.6. The minimum absolute atomic E-state index is 0.0696. The van der Waals surface area contributed by atoms with E-state index >= 15 is 0 Å². The number of carboxylic acid groups (broad SMARTS) is 1. The minimum Gasteiger partial charge on any atom is -0.504 e. The molecule has 3 saturated heterocycles. The van der Waals surface area contributed by atoms with Crippen LogP contribution < -0.4 is 10.6 Å². The zero-order valence-corrected chi connectivity index (χ0v) is 25.0. The van der Waals surface area contributed by atoms with Crippen LogP contribution in [-0.4, -0.2) is 106 Å². The first-order chi connectivity index (χ1) is 21.2. The molecule has 3 heterocycles. The molecule has 0 spiro atoms. The molecule has 4 atom stereocenters. The van der Waals surface area contributed by atoms with E-state index in [4.69, 9.17) is 0 Å². The molecule has 6 amide bonds. The van der Waals surface area contributed by atoms with Crippen molar-refractivity contribution in [2.24, 2.45) is 5.92 Å². The lowest BCUT2D eigenvalue weighted by atomic mass is 9.86. The van der Waals surface area contributed by atoms with Gasteiger partial charge in [0.15, 0.2) is 11.5 Å². The van der Waals surface area contributed by atoms with Gasteiger partial charge in [0.2, 0.25) is 17.5 Å². The van der Waals surface area contributed by atoms with Gasteiger partial charge in [-0.25, -0.2) is 9.59 Å². The lowest BCUT2D eigenvalue weighted by Gasteiger charge is -2.49. The molecule has 3 aliphatic heterocycles. The number of benzene rings is 2. The third-order valence-electron chi connectivity index (χ3n) is 8.24. The fourth-order valence-electron chi connectivity index (χ4n) is 5.79. The molecule has 3 aliphatic rings. The number of piperazine rings is 1. The number of thioether (sulfide) groups is 1. The fourth-order valence-corrected chi connectivity index (χ4v) is 7.53. The number of nitrogens with zero attached hydrogens (tertiary/aromatic N) is 3. The highest BCUT2D eigenvalue weighted by Gasteiger charge is 2.73. The second-order valence-electron chi connectivity index (χ2n) is 11.3. The molecule has 1 unspecified atom stereocenters. The smallest absolute Gasteiger partial charge is 0.352 e. The number of rotatable bonds is 8. The highest BCUT2D eigenvalue weighted by molar-refractivity contribution is 8.01. The number of imide groups is 1. The number of carbonyl (C=O) groups is 6. The number of aliphatic hydroxyl groups excluding tert-OH is 1. The molecule has 16 heteroatoms. The van der Waals surface area contributed by atoms with Crippen molar-refractivity contribution >= 4 is 47.4 Å². The van der Waals surface area contributed by atoms with Crippen LogP contribution in [-0.2, 0) is 30.5 Å². The SMILES string of the molecule is CC1(C)S[C@@H]2[C@H](CO)C(=O)N2[C@@]1(NC(=O)C(NC(=O)N1CCN(Cc2ccc(O)c(O)c2)C(=O)C1=O)c1ccccc1)C(=O)O. The third kappa shape index (κ3) is 5.18. The van der Waals surface area contributed by atoms with Crippen LogP contribution in [0, 0.1) is 5.92 Å². The van der Waals surface area contributed by atoms with Gasteiger partial charge >= 0.3 is 23.8 Å². The third-order valence-corrected chi connectivity index (χ3v) is 9.91. The molecule has 6 N–H and O–H groups in total. The van der Waals surface area contributed by atoms with E-state index < -0.39 is 75.7 Å². The quantitative estimate of drug-likeness (QED) is 0.127. The van der Waals surface area contributed by atoms with Gasteiger partial charge < -0.3 is 36.0 Å². The molecule has 0 aromatic heterocycles. The summed E-state index contributed by atoms with van der Waals surface area (Å²) in [6.07, 6.45) is 0. The Labute approximate surface area is 260 Å². The molecule has 45 heavy (non-hydrogen) atoms. The Balaban J connectivity index is 1.36. The predicted octanol–water partition coefficient (Wildman–Crippen LogP) is -0.0812. The molecular weight excluding hydrogens is 610 g/mol. The first-order valence-electron chi connectivity index (χ1n) is 13.9. The number of carbonyl (C=O) groups excluding carboxylic acids is 5. The number of hydrogen-bond acceptors (Lipinski definition) is 10. The van der Waals surface area contributed by atoms with Crippen LogP contribution in [0.15, 0.2) is 48.5 Å².